The maximum Gasteiger partial charge on any atom is 0.269 e. The van der Waals surface area contributed by atoms with Gasteiger partial charge in [0.05, 0.1) is 35.1 Å². The molecular weight excluding hydrogens is 714 g/mol. The van der Waals surface area contributed by atoms with Gasteiger partial charge in [0.2, 0.25) is 5.79 Å². The standard InChI is InChI=1S/C43H55N5O8/c1-4-7-13-33-28-44-46-47(33)40-27-38(45-55-29-30-15-17-32(18-16-30)48(51)52)36-25-31(12-8-10-21-49)35(14-9-11-22-50)41-37-26-34(53-23-5-2)19-20-39(37)56-43(40,42(36)41)54-24-6-3/h5-6,15-20,25-26,28,31,35,40-42,49-50H,2-4,7-14,21-24,27,29H2,1H3/t31-,35+,40-,41+,42+,43+/m0/s1. The highest BCUT2D eigenvalue weighted by molar-refractivity contribution is 6.02. The fourth-order valence-corrected chi connectivity index (χ4v) is 8.79. The maximum absolute atomic E-state index is 11.3. The Morgan fingerprint density at radius 1 is 1.05 bits per heavy atom. The summed E-state index contributed by atoms with van der Waals surface area (Å²) in [6.45, 7) is 10.9. The number of rotatable bonds is 22. The third kappa shape index (κ3) is 8.75. The average molecular weight is 770 g/mol. The number of oxime groups is 1. The molecule has 300 valence electrons. The number of nitrogens with zero attached hydrogens (tertiary/aromatic N) is 5. The molecule has 0 spiro atoms. The van der Waals surface area contributed by atoms with Gasteiger partial charge >= 0.3 is 0 Å². The van der Waals surface area contributed by atoms with Crippen molar-refractivity contribution in [1.29, 1.82) is 0 Å². The molecule has 1 fully saturated rings. The van der Waals surface area contributed by atoms with Gasteiger partial charge in [0.25, 0.3) is 5.69 Å². The van der Waals surface area contributed by atoms with Gasteiger partial charge < -0.3 is 29.3 Å². The van der Waals surface area contributed by atoms with E-state index in [0.29, 0.717) is 37.4 Å². The van der Waals surface area contributed by atoms with Gasteiger partial charge in [-0.15, -0.1) is 11.7 Å². The van der Waals surface area contributed by atoms with Crippen molar-refractivity contribution in [3.63, 3.8) is 0 Å². The lowest BCUT2D eigenvalue weighted by molar-refractivity contribution is -0.384. The molecule has 2 aliphatic carbocycles. The van der Waals surface area contributed by atoms with E-state index in [2.05, 4.69) is 37.3 Å². The summed E-state index contributed by atoms with van der Waals surface area (Å²) >= 11 is 0. The molecule has 56 heavy (non-hydrogen) atoms. The van der Waals surface area contributed by atoms with Gasteiger partial charge in [-0.3, -0.25) is 10.1 Å². The van der Waals surface area contributed by atoms with E-state index in [1.165, 1.54) is 12.1 Å². The number of aromatic nitrogens is 3. The first-order valence-electron chi connectivity index (χ1n) is 20.0. The highest BCUT2D eigenvalue weighted by atomic mass is 16.7. The molecule has 2 aromatic carbocycles. The number of nitro groups is 1. The van der Waals surface area contributed by atoms with Gasteiger partial charge in [0.1, 0.15) is 30.8 Å². The smallest absolute Gasteiger partial charge is 0.269 e. The number of allylic oxidation sites excluding steroid dienone is 1. The van der Waals surface area contributed by atoms with Crippen LogP contribution < -0.4 is 9.47 Å². The largest absolute Gasteiger partial charge is 0.490 e. The quantitative estimate of drug-likeness (QED) is 0.0446. The maximum atomic E-state index is 11.3. The van der Waals surface area contributed by atoms with Gasteiger partial charge in [-0.05, 0) is 91.8 Å². The molecule has 13 nitrogen and oxygen atoms in total. The second kappa shape index (κ2) is 19.3. The van der Waals surface area contributed by atoms with E-state index < -0.39 is 16.8 Å². The first kappa shape index (κ1) is 40.8. The van der Waals surface area contributed by atoms with Crippen LogP contribution in [-0.2, 0) is 22.6 Å². The zero-order chi connectivity index (χ0) is 39.5. The molecule has 1 aliphatic heterocycles. The van der Waals surface area contributed by atoms with Gasteiger partial charge in [-0.2, -0.15) is 0 Å². The summed E-state index contributed by atoms with van der Waals surface area (Å²) < 4.78 is 22.4. The third-order valence-corrected chi connectivity index (χ3v) is 11.3. The number of aliphatic hydroxyl groups excluding tert-OH is 2. The zero-order valence-corrected chi connectivity index (χ0v) is 32.3. The predicted octanol–water partition coefficient (Wildman–Crippen LogP) is 7.80. The minimum absolute atomic E-state index is 0.00701. The van der Waals surface area contributed by atoms with Crippen molar-refractivity contribution in [1.82, 2.24) is 15.0 Å². The lowest BCUT2D eigenvalue weighted by Crippen LogP contribution is -2.63. The summed E-state index contributed by atoms with van der Waals surface area (Å²) in [6, 6.07) is 11.7. The molecular formula is C43H55N5O8. The third-order valence-electron chi connectivity index (χ3n) is 11.3. The number of aliphatic hydroxyl groups is 2. The summed E-state index contributed by atoms with van der Waals surface area (Å²) in [5, 5.41) is 44.9. The van der Waals surface area contributed by atoms with Crippen LogP contribution in [0.2, 0.25) is 0 Å². The van der Waals surface area contributed by atoms with Gasteiger partial charge in [0.15, 0.2) is 0 Å². The molecule has 13 heteroatoms. The van der Waals surface area contributed by atoms with E-state index in [1.54, 1.807) is 24.3 Å². The van der Waals surface area contributed by atoms with Gasteiger partial charge in [0, 0.05) is 43.2 Å². The van der Waals surface area contributed by atoms with Crippen molar-refractivity contribution in [3.05, 3.63) is 113 Å². The Balaban J connectivity index is 1.55. The molecule has 6 rings (SSSR count). The SMILES string of the molecule is C=CCOc1ccc2c(c1)[C@H]1[C@H](CCCCO)[C@@H](CCCCO)C=C3C(=NOCc4ccc([N+](=O)[O-])cc4)C[C@H](n4nncc4CCCC)[C@@](OCC=C)(O2)[C@H]31. The average Bonchev–Trinajstić information content (AvgIpc) is 3.68. The van der Waals surface area contributed by atoms with Crippen molar-refractivity contribution in [2.24, 2.45) is 22.9 Å². The minimum Gasteiger partial charge on any atom is -0.490 e. The number of fused-ring (bicyclic) bond motifs is 2. The number of ether oxygens (including phenoxy) is 3. The predicted molar refractivity (Wildman–Crippen MR) is 212 cm³/mol. The fraction of sp³-hybridized carbons (Fsp3) is 0.512. The Morgan fingerprint density at radius 2 is 1.82 bits per heavy atom. The van der Waals surface area contributed by atoms with E-state index >= 15 is 0 Å². The van der Waals surface area contributed by atoms with E-state index in [1.807, 2.05) is 23.0 Å². The number of hydrogen-bond donors (Lipinski definition) is 2. The van der Waals surface area contributed by atoms with E-state index in [4.69, 9.17) is 29.4 Å². The lowest BCUT2D eigenvalue weighted by atomic mass is 9.55. The lowest BCUT2D eigenvalue weighted by Gasteiger charge is -2.58. The van der Waals surface area contributed by atoms with Crippen molar-refractivity contribution in [3.8, 4) is 11.5 Å². The van der Waals surface area contributed by atoms with Crippen LogP contribution in [-0.4, -0.2) is 68.1 Å². The van der Waals surface area contributed by atoms with Crippen LogP contribution >= 0.6 is 0 Å². The molecule has 0 saturated heterocycles. The van der Waals surface area contributed by atoms with Gasteiger partial charge in [-0.25, -0.2) is 4.68 Å². The van der Waals surface area contributed by atoms with Crippen LogP contribution in [0.5, 0.6) is 11.5 Å². The van der Waals surface area contributed by atoms with Crippen LogP contribution in [0.15, 0.2) is 90.8 Å². The topological polar surface area (TPSA) is 164 Å². The molecule has 1 saturated carbocycles. The van der Waals surface area contributed by atoms with E-state index in [-0.39, 0.29) is 55.8 Å². The van der Waals surface area contributed by atoms with Crippen molar-refractivity contribution >= 4 is 11.4 Å². The van der Waals surface area contributed by atoms with Crippen LogP contribution in [0.25, 0.3) is 0 Å². The number of benzene rings is 2. The number of nitro benzene ring substituents is 1. The molecule has 0 bridgehead atoms. The Morgan fingerprint density at radius 3 is 2.54 bits per heavy atom. The minimum atomic E-state index is -1.25. The molecule has 3 aliphatic rings. The molecule has 1 aromatic heterocycles. The van der Waals surface area contributed by atoms with Crippen LogP contribution in [0.3, 0.4) is 0 Å². The second-order valence-corrected chi connectivity index (χ2v) is 14.8. The first-order valence-corrected chi connectivity index (χ1v) is 20.0. The molecule has 0 amide bonds. The summed E-state index contributed by atoms with van der Waals surface area (Å²) in [7, 11) is 0. The van der Waals surface area contributed by atoms with Crippen molar-refractivity contribution in [2.75, 3.05) is 26.4 Å². The van der Waals surface area contributed by atoms with Crippen molar-refractivity contribution < 1.29 is 34.2 Å². The van der Waals surface area contributed by atoms with Crippen LogP contribution in [0, 0.1) is 27.9 Å². The summed E-state index contributed by atoms with van der Waals surface area (Å²) in [6.07, 6.45) is 15.5. The molecule has 2 N–H and O–H groups in total. The highest BCUT2D eigenvalue weighted by Gasteiger charge is 2.65. The summed E-state index contributed by atoms with van der Waals surface area (Å²) in [4.78, 5) is 17.0. The molecule has 2 heterocycles. The monoisotopic (exact) mass is 769 g/mol. The molecule has 3 aromatic rings. The highest BCUT2D eigenvalue weighted by Crippen LogP contribution is 2.63. The molecule has 6 atom stereocenters. The van der Waals surface area contributed by atoms with Crippen LogP contribution in [0.4, 0.5) is 5.69 Å². The van der Waals surface area contributed by atoms with Gasteiger partial charge in [-0.1, -0.05) is 61.4 Å². The van der Waals surface area contributed by atoms with E-state index in [0.717, 1.165) is 73.1 Å². The second-order valence-electron chi connectivity index (χ2n) is 14.8. The summed E-state index contributed by atoms with van der Waals surface area (Å²) in [5.74, 6) is -0.105. The van der Waals surface area contributed by atoms with Crippen molar-refractivity contribution in [2.45, 2.75) is 95.5 Å². The molecule has 0 radical (unpaired) electrons. The number of unbranched alkanes of at least 4 members (excludes halogenated alkanes) is 3. The molecule has 0 unspecified atom stereocenters. The fourth-order valence-electron chi connectivity index (χ4n) is 8.79. The summed E-state index contributed by atoms with van der Waals surface area (Å²) in [5.41, 5.74) is 4.45. The Labute approximate surface area is 328 Å². The number of hydrogen-bond acceptors (Lipinski definition) is 11. The van der Waals surface area contributed by atoms with Crippen LogP contribution in [0.1, 0.15) is 93.5 Å². The zero-order valence-electron chi connectivity index (χ0n) is 32.3. The Kier molecular flexibility index (Phi) is 14.1. The first-order chi connectivity index (χ1) is 27.4. The Hall–Kier alpha value is -4.85. The number of aryl methyl sites for hydroxylation is 1. The van der Waals surface area contributed by atoms with E-state index in [9.17, 15) is 20.3 Å². The Bertz CT molecular complexity index is 1860. The normalized spacial score (nSPS) is 24.4. The number of non-ortho nitro benzene ring substituents is 1.